The first-order chi connectivity index (χ1) is 17.2. The molecule has 0 spiro atoms. The van der Waals surface area contributed by atoms with Gasteiger partial charge in [0.05, 0.1) is 24.8 Å². The number of nitrogens with one attached hydrogen (secondary N) is 1. The summed E-state index contributed by atoms with van der Waals surface area (Å²) in [5, 5.41) is 4.48. The Kier molecular flexibility index (Phi) is 6.03. The van der Waals surface area contributed by atoms with Crippen LogP contribution in [-0.4, -0.2) is 42.0 Å². The van der Waals surface area contributed by atoms with Crippen LogP contribution in [0.4, 0.5) is 5.82 Å². The van der Waals surface area contributed by atoms with Gasteiger partial charge in [-0.3, -0.25) is 9.69 Å². The molecule has 1 atom stereocenters. The summed E-state index contributed by atoms with van der Waals surface area (Å²) >= 11 is 0. The van der Waals surface area contributed by atoms with Crippen LogP contribution in [-0.2, 0) is 17.7 Å². The quantitative estimate of drug-likeness (QED) is 0.388. The zero-order valence-electron chi connectivity index (χ0n) is 19.7. The number of hydrogen-bond donors (Lipinski definition) is 1. The molecule has 1 aromatic heterocycles. The second-order valence-electron chi connectivity index (χ2n) is 9.42. The Morgan fingerprint density at radius 3 is 2.63 bits per heavy atom. The molecule has 35 heavy (non-hydrogen) atoms. The lowest BCUT2D eigenvalue weighted by molar-refractivity contribution is 0.0342. The average Bonchev–Trinajstić information content (AvgIpc) is 3.31. The molecule has 1 saturated heterocycles. The van der Waals surface area contributed by atoms with Gasteiger partial charge in [0, 0.05) is 36.1 Å². The molecule has 0 saturated carbocycles. The van der Waals surface area contributed by atoms with Crippen molar-refractivity contribution in [1.82, 2.24) is 9.88 Å². The van der Waals surface area contributed by atoms with Gasteiger partial charge in [-0.1, -0.05) is 60.7 Å². The van der Waals surface area contributed by atoms with Crippen LogP contribution >= 0.6 is 0 Å². The third kappa shape index (κ3) is 4.57. The van der Waals surface area contributed by atoms with Gasteiger partial charge in [0.25, 0.3) is 0 Å². The number of anilines is 1. The normalized spacial score (nSPS) is 17.9. The molecule has 176 valence electrons. The van der Waals surface area contributed by atoms with Crippen LogP contribution in [0.2, 0.25) is 0 Å². The van der Waals surface area contributed by atoms with E-state index in [0.29, 0.717) is 11.1 Å². The highest BCUT2D eigenvalue weighted by atomic mass is 16.5. The smallest absolute Gasteiger partial charge is 0.193 e. The predicted molar refractivity (Wildman–Crippen MR) is 139 cm³/mol. The van der Waals surface area contributed by atoms with Crippen molar-refractivity contribution in [2.45, 2.75) is 25.4 Å². The van der Waals surface area contributed by atoms with E-state index in [2.05, 4.69) is 46.6 Å². The second kappa shape index (κ2) is 9.61. The van der Waals surface area contributed by atoms with Gasteiger partial charge in [0.2, 0.25) is 0 Å². The summed E-state index contributed by atoms with van der Waals surface area (Å²) in [5.41, 5.74) is 6.20. The van der Waals surface area contributed by atoms with Crippen LogP contribution in [0.3, 0.4) is 0 Å². The summed E-state index contributed by atoms with van der Waals surface area (Å²) in [6.45, 7) is 4.37. The number of morpholine rings is 1. The Hall–Kier alpha value is -3.54. The van der Waals surface area contributed by atoms with Gasteiger partial charge >= 0.3 is 0 Å². The summed E-state index contributed by atoms with van der Waals surface area (Å²) in [5.74, 6) is 0.872. The fourth-order valence-corrected chi connectivity index (χ4v) is 5.25. The maximum absolute atomic E-state index is 13.4. The fraction of sp³-hybridized carbons (Fsp3) is 0.267. The third-order valence-electron chi connectivity index (χ3n) is 7.16. The van der Waals surface area contributed by atoms with E-state index >= 15 is 0 Å². The number of ether oxygens (including phenoxy) is 1. The number of carbonyl (C=O) groups excluding carboxylic acids is 1. The van der Waals surface area contributed by atoms with Crippen LogP contribution < -0.4 is 5.32 Å². The van der Waals surface area contributed by atoms with E-state index in [1.807, 2.05) is 42.5 Å². The monoisotopic (exact) mass is 463 g/mol. The molecule has 4 aromatic rings. The lowest BCUT2D eigenvalue weighted by atomic mass is 9.98. The number of benzene rings is 3. The lowest BCUT2D eigenvalue weighted by Gasteiger charge is -2.26. The number of carbonyl (C=O) groups is 1. The molecule has 1 N–H and O–H groups in total. The van der Waals surface area contributed by atoms with Crippen LogP contribution in [0, 0.1) is 0 Å². The number of pyridine rings is 1. The van der Waals surface area contributed by atoms with E-state index in [1.165, 1.54) is 16.7 Å². The Bertz CT molecular complexity index is 1360. The number of aromatic nitrogens is 1. The Balaban J connectivity index is 1.20. The average molecular weight is 464 g/mol. The topological polar surface area (TPSA) is 54.5 Å². The highest BCUT2D eigenvalue weighted by Gasteiger charge is 2.22. The molecule has 2 heterocycles. The third-order valence-corrected chi connectivity index (χ3v) is 7.16. The van der Waals surface area contributed by atoms with E-state index in [1.54, 1.807) is 0 Å². The van der Waals surface area contributed by atoms with Gasteiger partial charge in [-0.15, -0.1) is 0 Å². The first-order valence-electron chi connectivity index (χ1n) is 12.4. The van der Waals surface area contributed by atoms with E-state index in [0.717, 1.165) is 62.4 Å². The number of rotatable bonds is 6. The molecule has 0 amide bonds. The van der Waals surface area contributed by atoms with Crippen LogP contribution in [0.25, 0.3) is 10.9 Å². The van der Waals surface area contributed by atoms with Crippen molar-refractivity contribution < 1.29 is 9.53 Å². The number of nitrogens with zero attached hydrogens (tertiary/aromatic N) is 2. The Morgan fingerprint density at radius 2 is 1.77 bits per heavy atom. The molecule has 2 aliphatic rings. The van der Waals surface area contributed by atoms with Gasteiger partial charge in [-0.05, 0) is 47.7 Å². The van der Waals surface area contributed by atoms with Crippen molar-refractivity contribution in [1.29, 1.82) is 0 Å². The second-order valence-corrected chi connectivity index (χ2v) is 9.42. The highest BCUT2D eigenvalue weighted by Crippen LogP contribution is 2.33. The molecule has 0 radical (unpaired) electrons. The molecule has 1 fully saturated rings. The molecule has 3 aromatic carbocycles. The summed E-state index contributed by atoms with van der Waals surface area (Å²) in [6, 6.07) is 26.7. The van der Waals surface area contributed by atoms with Gasteiger partial charge < -0.3 is 10.1 Å². The minimum absolute atomic E-state index is 0.0285. The zero-order valence-corrected chi connectivity index (χ0v) is 19.7. The fourth-order valence-electron chi connectivity index (χ4n) is 5.25. The number of hydrogen-bond acceptors (Lipinski definition) is 5. The van der Waals surface area contributed by atoms with E-state index in [4.69, 9.17) is 9.72 Å². The predicted octanol–water partition coefficient (Wildman–Crippen LogP) is 5.40. The summed E-state index contributed by atoms with van der Waals surface area (Å²) in [7, 11) is 0. The largest absolute Gasteiger partial charge is 0.379 e. The first-order valence-corrected chi connectivity index (χ1v) is 12.4. The molecule has 6 rings (SSSR count). The van der Waals surface area contributed by atoms with Gasteiger partial charge in [0.15, 0.2) is 5.78 Å². The number of ketones is 1. The number of aryl methyl sites for hydroxylation is 1. The molecule has 1 aliphatic carbocycles. The summed E-state index contributed by atoms with van der Waals surface area (Å²) in [4.78, 5) is 20.6. The Labute approximate surface area is 205 Å². The van der Waals surface area contributed by atoms with Crippen LogP contribution in [0.1, 0.15) is 45.1 Å². The van der Waals surface area contributed by atoms with Crippen molar-refractivity contribution >= 4 is 22.5 Å². The van der Waals surface area contributed by atoms with Crippen molar-refractivity contribution in [2.75, 3.05) is 31.6 Å². The summed E-state index contributed by atoms with van der Waals surface area (Å²) in [6.07, 6.45) is 2.16. The van der Waals surface area contributed by atoms with E-state index < -0.39 is 0 Å². The molecule has 1 aliphatic heterocycles. The molecular formula is C30H29N3O2. The number of fused-ring (bicyclic) bond motifs is 2. The van der Waals surface area contributed by atoms with E-state index in [-0.39, 0.29) is 11.8 Å². The van der Waals surface area contributed by atoms with Crippen molar-refractivity contribution in [3.63, 3.8) is 0 Å². The van der Waals surface area contributed by atoms with Gasteiger partial charge in [-0.25, -0.2) is 4.98 Å². The molecule has 5 nitrogen and oxygen atoms in total. The van der Waals surface area contributed by atoms with Gasteiger partial charge in [0.1, 0.15) is 5.82 Å². The van der Waals surface area contributed by atoms with Crippen molar-refractivity contribution in [3.05, 3.63) is 107 Å². The maximum Gasteiger partial charge on any atom is 0.193 e. The lowest BCUT2D eigenvalue weighted by Crippen LogP contribution is -2.35. The SMILES string of the molecule is O=C(c1ccc(CN2CCOCC2)cc1)c1cccc2nc(N[C@@H]3CCc4ccccc43)ccc12. The standard InChI is InChI=1S/C30H29N3O2/c34-30(23-10-8-21(9-11-23)20-33-16-18-35-19-17-33)26-6-3-7-27-25(26)13-15-29(31-27)32-28-14-12-22-4-1-2-5-24(22)28/h1-11,13,15,28H,12,14,16-20H2,(H,31,32)/t28-/m1/s1. The molecule has 0 unspecified atom stereocenters. The first kappa shape index (κ1) is 22.0. The zero-order chi connectivity index (χ0) is 23.6. The van der Waals surface area contributed by atoms with E-state index in [9.17, 15) is 4.79 Å². The molecule has 0 bridgehead atoms. The minimum Gasteiger partial charge on any atom is -0.379 e. The van der Waals surface area contributed by atoms with Crippen molar-refractivity contribution in [2.24, 2.45) is 0 Å². The Morgan fingerprint density at radius 1 is 0.943 bits per heavy atom. The minimum atomic E-state index is 0.0285. The van der Waals surface area contributed by atoms with Gasteiger partial charge in [-0.2, -0.15) is 0 Å². The maximum atomic E-state index is 13.4. The van der Waals surface area contributed by atoms with Crippen molar-refractivity contribution in [3.8, 4) is 0 Å². The highest BCUT2D eigenvalue weighted by molar-refractivity contribution is 6.16. The van der Waals surface area contributed by atoms with Crippen LogP contribution in [0.15, 0.2) is 78.9 Å². The van der Waals surface area contributed by atoms with Crippen LogP contribution in [0.5, 0.6) is 0 Å². The molecule has 5 heteroatoms. The summed E-state index contributed by atoms with van der Waals surface area (Å²) < 4.78 is 5.43. The molecular weight excluding hydrogens is 434 g/mol.